The van der Waals surface area contributed by atoms with Gasteiger partial charge in [0.2, 0.25) is 5.91 Å². The van der Waals surface area contributed by atoms with Crippen LogP contribution in [0.1, 0.15) is 6.42 Å². The number of aryl methyl sites for hydroxylation is 1. The molecule has 0 atom stereocenters. The summed E-state index contributed by atoms with van der Waals surface area (Å²) in [5, 5.41) is 5.52. The van der Waals surface area contributed by atoms with Crippen molar-refractivity contribution in [3.63, 3.8) is 0 Å². The zero-order valence-electron chi connectivity index (χ0n) is 12.2. The summed E-state index contributed by atoms with van der Waals surface area (Å²) < 4.78 is 14.4. The number of hydrogen-bond acceptors (Lipinski definition) is 3. The lowest BCUT2D eigenvalue weighted by atomic mass is 10.1. The van der Waals surface area contributed by atoms with Crippen LogP contribution in [-0.4, -0.2) is 15.7 Å². The maximum atomic E-state index is 13.1. The Morgan fingerprint density at radius 2 is 1.74 bits per heavy atom. The van der Waals surface area contributed by atoms with E-state index in [4.69, 9.17) is 5.73 Å². The number of hydrogen-bond donors (Lipinski definition) is 1. The normalized spacial score (nSPS) is 10.8. The maximum Gasteiger partial charge on any atom is 0.274 e. The Hall–Kier alpha value is -3.02. The molecule has 0 bridgehead atoms. The largest absolute Gasteiger partial charge is 0.370 e. The van der Waals surface area contributed by atoms with E-state index in [1.165, 1.54) is 16.8 Å². The number of nitrogens with two attached hydrogens (primary N) is 1. The predicted octanol–water partition coefficient (Wildman–Crippen LogP) is 2.08. The van der Waals surface area contributed by atoms with Crippen molar-refractivity contribution < 1.29 is 9.18 Å². The van der Waals surface area contributed by atoms with Gasteiger partial charge in [-0.3, -0.25) is 9.59 Å². The van der Waals surface area contributed by atoms with Gasteiger partial charge in [0.05, 0.1) is 17.6 Å². The molecule has 3 rings (SSSR count). The van der Waals surface area contributed by atoms with Gasteiger partial charge < -0.3 is 5.73 Å². The van der Waals surface area contributed by atoms with E-state index in [1.54, 1.807) is 30.3 Å². The van der Waals surface area contributed by atoms with Crippen LogP contribution in [0.4, 0.5) is 4.39 Å². The Kier molecular flexibility index (Phi) is 3.89. The van der Waals surface area contributed by atoms with E-state index >= 15 is 0 Å². The number of nitrogens with zero attached hydrogens (tertiary/aromatic N) is 2. The van der Waals surface area contributed by atoms with E-state index in [0.717, 1.165) is 0 Å². The van der Waals surface area contributed by atoms with E-state index < -0.39 is 5.91 Å². The molecule has 0 spiro atoms. The summed E-state index contributed by atoms with van der Waals surface area (Å²) in [6, 6.07) is 12.9. The second kappa shape index (κ2) is 6.00. The van der Waals surface area contributed by atoms with Crippen LogP contribution in [0, 0.1) is 5.82 Å². The van der Waals surface area contributed by atoms with E-state index in [2.05, 4.69) is 5.10 Å². The van der Waals surface area contributed by atoms with Crippen molar-refractivity contribution in [2.45, 2.75) is 13.0 Å². The molecule has 1 heterocycles. The van der Waals surface area contributed by atoms with Crippen molar-refractivity contribution in [2.75, 3.05) is 0 Å². The van der Waals surface area contributed by atoms with Crippen LogP contribution in [0.25, 0.3) is 22.0 Å². The molecule has 1 amide bonds. The van der Waals surface area contributed by atoms with Gasteiger partial charge in [0, 0.05) is 17.4 Å². The lowest BCUT2D eigenvalue weighted by Gasteiger charge is -2.10. The molecule has 0 radical (unpaired) electrons. The first kappa shape index (κ1) is 14.9. The first-order chi connectivity index (χ1) is 11.1. The molecular formula is C17H14FN3O2. The molecule has 23 heavy (non-hydrogen) atoms. The van der Waals surface area contributed by atoms with E-state index in [9.17, 15) is 14.0 Å². The van der Waals surface area contributed by atoms with Crippen LogP contribution < -0.4 is 11.3 Å². The minimum absolute atomic E-state index is 0.0219. The predicted molar refractivity (Wildman–Crippen MR) is 85.2 cm³/mol. The smallest absolute Gasteiger partial charge is 0.274 e. The average molecular weight is 311 g/mol. The zero-order valence-corrected chi connectivity index (χ0v) is 12.2. The number of halogens is 1. The van der Waals surface area contributed by atoms with Gasteiger partial charge in [0.25, 0.3) is 5.56 Å². The van der Waals surface area contributed by atoms with Crippen LogP contribution in [-0.2, 0) is 11.3 Å². The van der Waals surface area contributed by atoms with Crippen molar-refractivity contribution in [1.29, 1.82) is 0 Å². The molecule has 0 unspecified atom stereocenters. The molecule has 1 aromatic heterocycles. The number of benzene rings is 2. The van der Waals surface area contributed by atoms with Gasteiger partial charge >= 0.3 is 0 Å². The first-order valence-corrected chi connectivity index (χ1v) is 7.10. The van der Waals surface area contributed by atoms with E-state index in [0.29, 0.717) is 22.0 Å². The highest BCUT2D eigenvalue weighted by atomic mass is 19.1. The average Bonchev–Trinajstić information content (AvgIpc) is 2.55. The molecule has 0 aliphatic carbocycles. The van der Waals surface area contributed by atoms with Crippen LogP contribution in [0.3, 0.4) is 0 Å². The van der Waals surface area contributed by atoms with Gasteiger partial charge in [0.15, 0.2) is 0 Å². The summed E-state index contributed by atoms with van der Waals surface area (Å²) >= 11 is 0. The van der Waals surface area contributed by atoms with Crippen LogP contribution in [0.2, 0.25) is 0 Å². The third-order valence-electron chi connectivity index (χ3n) is 3.56. The van der Waals surface area contributed by atoms with Crippen LogP contribution in [0.15, 0.2) is 53.3 Å². The number of primary amides is 1. The standard InChI is InChI=1S/C17H14FN3O2/c18-12-7-5-11(6-8-12)16-13-3-1-2-4-14(13)17(23)21(20-16)10-9-15(19)22/h1-8H,9-10H2,(H2,19,22). The monoisotopic (exact) mass is 311 g/mol. The Morgan fingerprint density at radius 3 is 2.39 bits per heavy atom. The second-order valence-corrected chi connectivity index (χ2v) is 5.15. The van der Waals surface area contributed by atoms with Gasteiger partial charge in [-0.25, -0.2) is 9.07 Å². The number of fused-ring (bicyclic) bond motifs is 1. The van der Waals surface area contributed by atoms with E-state index in [-0.39, 0.29) is 24.3 Å². The summed E-state index contributed by atoms with van der Waals surface area (Å²) in [4.78, 5) is 23.4. The number of aromatic nitrogens is 2. The van der Waals surface area contributed by atoms with Crippen molar-refractivity contribution in [2.24, 2.45) is 5.73 Å². The molecule has 0 aliphatic heterocycles. The number of carbonyl (C=O) groups is 1. The molecule has 0 saturated heterocycles. The molecule has 2 aromatic carbocycles. The number of rotatable bonds is 4. The van der Waals surface area contributed by atoms with Crippen molar-refractivity contribution in [3.05, 3.63) is 64.7 Å². The van der Waals surface area contributed by atoms with Crippen molar-refractivity contribution >= 4 is 16.7 Å². The summed E-state index contributed by atoms with van der Waals surface area (Å²) in [7, 11) is 0. The Morgan fingerprint density at radius 1 is 1.09 bits per heavy atom. The highest BCUT2D eigenvalue weighted by Gasteiger charge is 2.12. The Balaban J connectivity index is 2.23. The van der Waals surface area contributed by atoms with E-state index in [1.807, 2.05) is 6.07 Å². The van der Waals surface area contributed by atoms with Gasteiger partial charge in [-0.2, -0.15) is 5.10 Å². The molecule has 116 valence electrons. The van der Waals surface area contributed by atoms with Crippen LogP contribution in [0.5, 0.6) is 0 Å². The highest BCUT2D eigenvalue weighted by molar-refractivity contribution is 5.93. The molecule has 0 aliphatic rings. The molecule has 2 N–H and O–H groups in total. The third kappa shape index (κ3) is 2.96. The van der Waals surface area contributed by atoms with Gasteiger partial charge in [-0.05, 0) is 30.3 Å². The quantitative estimate of drug-likeness (QED) is 0.801. The number of carbonyl (C=O) groups excluding carboxylic acids is 1. The lowest BCUT2D eigenvalue weighted by Crippen LogP contribution is -2.26. The zero-order chi connectivity index (χ0) is 16.4. The molecular weight excluding hydrogens is 297 g/mol. The second-order valence-electron chi connectivity index (χ2n) is 5.15. The molecule has 3 aromatic rings. The number of amides is 1. The summed E-state index contributed by atoms with van der Waals surface area (Å²) in [5.41, 5.74) is 6.11. The minimum atomic E-state index is -0.504. The minimum Gasteiger partial charge on any atom is -0.370 e. The fourth-order valence-corrected chi connectivity index (χ4v) is 2.42. The molecule has 5 nitrogen and oxygen atoms in total. The Labute approximate surface area is 131 Å². The summed E-state index contributed by atoms with van der Waals surface area (Å²) in [5.74, 6) is -0.852. The maximum absolute atomic E-state index is 13.1. The third-order valence-corrected chi connectivity index (χ3v) is 3.56. The summed E-state index contributed by atoms with van der Waals surface area (Å²) in [6.45, 7) is 0.104. The summed E-state index contributed by atoms with van der Waals surface area (Å²) in [6.07, 6.45) is 0.0219. The lowest BCUT2D eigenvalue weighted by molar-refractivity contribution is -0.118. The van der Waals surface area contributed by atoms with Crippen molar-refractivity contribution in [1.82, 2.24) is 9.78 Å². The topological polar surface area (TPSA) is 78.0 Å². The SMILES string of the molecule is NC(=O)CCn1nc(-c2ccc(F)cc2)c2ccccc2c1=O. The highest BCUT2D eigenvalue weighted by Crippen LogP contribution is 2.24. The van der Waals surface area contributed by atoms with Gasteiger partial charge in [-0.1, -0.05) is 18.2 Å². The molecule has 0 saturated carbocycles. The Bertz CT molecular complexity index is 933. The molecule has 6 heteroatoms. The fraction of sp³-hybridized carbons (Fsp3) is 0.118. The van der Waals surface area contributed by atoms with Crippen LogP contribution >= 0.6 is 0 Å². The fourth-order valence-electron chi connectivity index (χ4n) is 2.42. The molecule has 0 fully saturated rings. The first-order valence-electron chi connectivity index (χ1n) is 7.10. The van der Waals surface area contributed by atoms with Crippen molar-refractivity contribution in [3.8, 4) is 11.3 Å². The van der Waals surface area contributed by atoms with Gasteiger partial charge in [-0.15, -0.1) is 0 Å². The van der Waals surface area contributed by atoms with Gasteiger partial charge in [0.1, 0.15) is 5.82 Å².